The Morgan fingerprint density at radius 2 is 1.95 bits per heavy atom. The smallest absolute Gasteiger partial charge is 0.416 e. The van der Waals surface area contributed by atoms with Crippen molar-refractivity contribution in [1.82, 2.24) is 10.2 Å². The number of carbonyl (C=O) groups excluding carboxylic acids is 1. The number of hydrogen-bond donors (Lipinski definition) is 1. The fraction of sp³-hybridized carbons (Fsp3) is 0.455. The Balaban J connectivity index is 1.38. The van der Waals surface area contributed by atoms with Crippen LogP contribution < -0.4 is 5.32 Å². The van der Waals surface area contributed by atoms with E-state index in [1.807, 2.05) is 37.4 Å². The molecule has 226 valence electrons. The van der Waals surface area contributed by atoms with E-state index < -0.39 is 35.3 Å². The SMILES string of the molecule is C/C=C\CC1N=C2C=CN(C/C3=C/CCC(C4=C(C(F)(F)F)C=CC(OCC(=O)OC(C)(C)C)C=C4)/C=C\C3)C=C2N1. The van der Waals surface area contributed by atoms with Gasteiger partial charge in [-0.3, -0.25) is 4.99 Å². The summed E-state index contributed by atoms with van der Waals surface area (Å²) >= 11 is 0. The molecule has 2 aliphatic carbocycles. The minimum atomic E-state index is -4.52. The molecule has 0 bridgehead atoms. The van der Waals surface area contributed by atoms with Crippen LogP contribution in [0.25, 0.3) is 0 Å². The molecular weight excluding hydrogens is 543 g/mol. The largest absolute Gasteiger partial charge is 0.458 e. The van der Waals surface area contributed by atoms with Gasteiger partial charge in [0, 0.05) is 31.3 Å². The molecule has 4 aliphatic rings. The Morgan fingerprint density at radius 1 is 1.17 bits per heavy atom. The number of nitrogens with zero attached hydrogens (tertiary/aromatic N) is 2. The van der Waals surface area contributed by atoms with Crippen LogP contribution in [0.15, 0.2) is 101 Å². The van der Waals surface area contributed by atoms with Crippen molar-refractivity contribution in [3.63, 3.8) is 0 Å². The summed E-state index contributed by atoms with van der Waals surface area (Å²) in [6.45, 7) is 7.55. The Labute approximate surface area is 246 Å². The molecule has 0 spiro atoms. The average Bonchev–Trinajstić information content (AvgIpc) is 3.16. The van der Waals surface area contributed by atoms with E-state index in [9.17, 15) is 18.0 Å². The van der Waals surface area contributed by atoms with E-state index in [-0.39, 0.29) is 18.3 Å². The van der Waals surface area contributed by atoms with E-state index in [2.05, 4.69) is 28.6 Å². The van der Waals surface area contributed by atoms with Gasteiger partial charge in [0.25, 0.3) is 0 Å². The molecule has 0 aromatic heterocycles. The third-order valence-electron chi connectivity index (χ3n) is 7.00. The number of esters is 1. The molecule has 0 amide bonds. The fourth-order valence-corrected chi connectivity index (χ4v) is 5.13. The van der Waals surface area contributed by atoms with Crippen LogP contribution in [0.4, 0.5) is 13.2 Å². The summed E-state index contributed by atoms with van der Waals surface area (Å²) in [5.41, 5.74) is 1.99. The quantitative estimate of drug-likeness (QED) is 0.247. The molecular formula is C33H40F3N3O3. The molecule has 3 unspecified atom stereocenters. The molecule has 2 heterocycles. The molecule has 4 rings (SSSR count). The lowest BCUT2D eigenvalue weighted by Crippen LogP contribution is -2.27. The second kappa shape index (κ2) is 13.6. The molecule has 3 atom stereocenters. The molecule has 0 saturated carbocycles. The summed E-state index contributed by atoms with van der Waals surface area (Å²) in [5, 5.41) is 3.45. The Kier molecular flexibility index (Phi) is 10.1. The molecule has 0 aromatic carbocycles. The first kappa shape index (κ1) is 31.3. The van der Waals surface area contributed by atoms with E-state index in [1.165, 1.54) is 17.7 Å². The van der Waals surface area contributed by atoms with Gasteiger partial charge in [-0.1, -0.05) is 60.3 Å². The number of aliphatic imine (C=N–C) groups is 1. The van der Waals surface area contributed by atoms with Gasteiger partial charge in [0.1, 0.15) is 18.4 Å². The van der Waals surface area contributed by atoms with Crippen LogP contribution in [-0.2, 0) is 14.3 Å². The minimum absolute atomic E-state index is 0.0446. The third-order valence-corrected chi connectivity index (χ3v) is 7.00. The Hall–Kier alpha value is -3.59. The van der Waals surface area contributed by atoms with Crippen molar-refractivity contribution in [3.8, 4) is 0 Å². The monoisotopic (exact) mass is 583 g/mol. The van der Waals surface area contributed by atoms with Crippen LogP contribution in [0, 0.1) is 5.92 Å². The van der Waals surface area contributed by atoms with E-state index >= 15 is 0 Å². The van der Waals surface area contributed by atoms with Crippen LogP contribution in [-0.4, -0.2) is 53.8 Å². The Morgan fingerprint density at radius 3 is 2.69 bits per heavy atom. The molecule has 9 heteroatoms. The lowest BCUT2D eigenvalue weighted by Gasteiger charge is -2.24. The Bertz CT molecular complexity index is 1290. The predicted molar refractivity (Wildman–Crippen MR) is 159 cm³/mol. The lowest BCUT2D eigenvalue weighted by atomic mass is 9.87. The van der Waals surface area contributed by atoms with Crippen LogP contribution in [0.1, 0.15) is 53.4 Å². The second-order valence-electron chi connectivity index (χ2n) is 11.6. The molecule has 0 fully saturated rings. The number of halogens is 3. The van der Waals surface area contributed by atoms with Crippen molar-refractivity contribution in [2.45, 2.75) is 77.4 Å². The topological polar surface area (TPSA) is 63.2 Å². The fourth-order valence-electron chi connectivity index (χ4n) is 5.13. The number of rotatable bonds is 8. The van der Waals surface area contributed by atoms with Gasteiger partial charge in [-0.15, -0.1) is 0 Å². The van der Waals surface area contributed by atoms with Gasteiger partial charge in [0.2, 0.25) is 0 Å². The number of hydrogen-bond acceptors (Lipinski definition) is 6. The highest BCUT2D eigenvalue weighted by Crippen LogP contribution is 2.37. The zero-order chi connectivity index (χ0) is 30.3. The number of fused-ring (bicyclic) bond motifs is 1. The van der Waals surface area contributed by atoms with Gasteiger partial charge in [0.15, 0.2) is 0 Å². The maximum absolute atomic E-state index is 14.1. The first-order valence-corrected chi connectivity index (χ1v) is 14.4. The highest BCUT2D eigenvalue weighted by molar-refractivity contribution is 6.09. The van der Waals surface area contributed by atoms with Gasteiger partial charge in [-0.05, 0) is 58.6 Å². The van der Waals surface area contributed by atoms with Gasteiger partial charge in [-0.25, -0.2) is 4.79 Å². The molecule has 6 nitrogen and oxygen atoms in total. The van der Waals surface area contributed by atoms with E-state index in [4.69, 9.17) is 14.5 Å². The number of ether oxygens (including phenoxy) is 2. The summed E-state index contributed by atoms with van der Waals surface area (Å²) in [4.78, 5) is 18.8. The lowest BCUT2D eigenvalue weighted by molar-refractivity contribution is -0.160. The number of carbonyl (C=O) groups is 1. The summed E-state index contributed by atoms with van der Waals surface area (Å²) in [6, 6.07) is 0. The number of alkyl halides is 3. The van der Waals surface area contributed by atoms with Crippen LogP contribution >= 0.6 is 0 Å². The van der Waals surface area contributed by atoms with Crippen LogP contribution in [0.2, 0.25) is 0 Å². The third kappa shape index (κ3) is 8.95. The second-order valence-corrected chi connectivity index (χ2v) is 11.6. The molecule has 42 heavy (non-hydrogen) atoms. The molecule has 2 aliphatic heterocycles. The van der Waals surface area contributed by atoms with Gasteiger partial charge in [0.05, 0.1) is 23.1 Å². The zero-order valence-corrected chi connectivity index (χ0v) is 24.7. The van der Waals surface area contributed by atoms with E-state index in [0.717, 1.165) is 23.9 Å². The van der Waals surface area contributed by atoms with E-state index in [1.54, 1.807) is 26.8 Å². The summed E-state index contributed by atoms with van der Waals surface area (Å²) in [5.74, 6) is -0.973. The molecule has 1 N–H and O–H groups in total. The maximum atomic E-state index is 14.1. The van der Waals surface area contributed by atoms with Gasteiger partial charge < -0.3 is 19.7 Å². The van der Waals surface area contributed by atoms with Crippen LogP contribution in [0.3, 0.4) is 0 Å². The van der Waals surface area contributed by atoms with Crippen molar-refractivity contribution >= 4 is 11.7 Å². The molecule has 0 radical (unpaired) electrons. The summed E-state index contributed by atoms with van der Waals surface area (Å²) < 4.78 is 53.1. The predicted octanol–water partition coefficient (Wildman–Crippen LogP) is 6.99. The zero-order valence-electron chi connectivity index (χ0n) is 24.7. The van der Waals surface area contributed by atoms with Crippen LogP contribution in [0.5, 0.6) is 0 Å². The van der Waals surface area contributed by atoms with Gasteiger partial charge in [-0.2, -0.15) is 13.2 Å². The molecule has 0 aromatic rings. The van der Waals surface area contributed by atoms with Crippen molar-refractivity contribution in [2.75, 3.05) is 13.2 Å². The average molecular weight is 584 g/mol. The summed E-state index contributed by atoms with van der Waals surface area (Å²) in [6.07, 6.45) is 19.1. The highest BCUT2D eigenvalue weighted by atomic mass is 19.4. The highest BCUT2D eigenvalue weighted by Gasteiger charge is 2.36. The van der Waals surface area contributed by atoms with Crippen molar-refractivity contribution in [3.05, 3.63) is 95.6 Å². The first-order chi connectivity index (χ1) is 19.9. The van der Waals surface area contributed by atoms with Crippen molar-refractivity contribution in [2.24, 2.45) is 10.9 Å². The standard InChI is InChI=1S/C33H40F3N3O3/c1-5-6-13-30-37-28-18-19-39(21-29(28)38-30)20-23-9-7-11-24(12-8-10-23)26-16-14-25(15-17-27(26)33(34,35)36)41-22-31(40)42-32(2,3)4/h5-7,10-11,14-19,21,24-25,30,38H,8-9,12-13,20,22H2,1-4H3/b6-5-,11-7-,23-10+. The minimum Gasteiger partial charge on any atom is -0.458 e. The van der Waals surface area contributed by atoms with Crippen molar-refractivity contribution < 1.29 is 27.4 Å². The molecule has 0 saturated heterocycles. The number of nitrogens with one attached hydrogen (secondary N) is 1. The summed E-state index contributed by atoms with van der Waals surface area (Å²) in [7, 11) is 0. The van der Waals surface area contributed by atoms with Crippen molar-refractivity contribution in [1.29, 1.82) is 0 Å². The van der Waals surface area contributed by atoms with E-state index in [0.29, 0.717) is 25.8 Å². The number of allylic oxidation sites excluding steroid dienone is 9. The van der Waals surface area contributed by atoms with Gasteiger partial charge >= 0.3 is 12.1 Å². The normalized spacial score (nSPS) is 26.5. The first-order valence-electron chi connectivity index (χ1n) is 14.4. The maximum Gasteiger partial charge on any atom is 0.416 e.